The molecule has 88 valence electrons. The molecule has 1 aromatic heterocycles. The summed E-state index contributed by atoms with van der Waals surface area (Å²) in [6.07, 6.45) is 0.519. The molecule has 0 saturated heterocycles. The van der Waals surface area contributed by atoms with Crippen LogP contribution in [0.5, 0.6) is 0 Å². The van der Waals surface area contributed by atoms with Gasteiger partial charge in [-0.15, -0.1) is 0 Å². The molecule has 17 heavy (non-hydrogen) atoms. The van der Waals surface area contributed by atoms with E-state index in [0.717, 1.165) is 5.56 Å². The summed E-state index contributed by atoms with van der Waals surface area (Å²) in [4.78, 5) is 18.3. The van der Waals surface area contributed by atoms with Gasteiger partial charge in [-0.2, -0.15) is 0 Å². The first kappa shape index (κ1) is 11.7. The zero-order valence-electron chi connectivity index (χ0n) is 9.33. The van der Waals surface area contributed by atoms with E-state index in [9.17, 15) is 4.79 Å². The van der Waals surface area contributed by atoms with Gasteiger partial charge in [0.15, 0.2) is 0 Å². The third-order valence-electron chi connectivity index (χ3n) is 2.53. The SMILES string of the molecule is Cc1nc(N)[nH]c(=O)c1Cc1ccc(Cl)cc1. The molecule has 2 rings (SSSR count). The Balaban J connectivity index is 2.36. The number of nitrogen functional groups attached to an aromatic ring is 1. The van der Waals surface area contributed by atoms with Crippen molar-refractivity contribution in [3.05, 3.63) is 56.5 Å². The second-order valence-electron chi connectivity index (χ2n) is 3.82. The third kappa shape index (κ3) is 2.65. The number of H-pyrrole nitrogens is 1. The highest BCUT2D eigenvalue weighted by molar-refractivity contribution is 6.30. The summed E-state index contributed by atoms with van der Waals surface area (Å²) in [5.74, 6) is 0.146. The van der Waals surface area contributed by atoms with Crippen LogP contribution in [0, 0.1) is 6.92 Å². The summed E-state index contributed by atoms with van der Waals surface area (Å²) >= 11 is 5.80. The zero-order valence-corrected chi connectivity index (χ0v) is 10.1. The number of aromatic nitrogens is 2. The first-order valence-electron chi connectivity index (χ1n) is 5.16. The number of nitrogens with zero attached hydrogens (tertiary/aromatic N) is 1. The summed E-state index contributed by atoms with van der Waals surface area (Å²) in [6.45, 7) is 1.77. The van der Waals surface area contributed by atoms with Crippen LogP contribution < -0.4 is 11.3 Å². The lowest BCUT2D eigenvalue weighted by molar-refractivity contribution is 0.991. The molecule has 0 unspecified atom stereocenters. The predicted octanol–water partition coefficient (Wildman–Crippen LogP) is 1.90. The molecular weight excluding hydrogens is 238 g/mol. The fourth-order valence-electron chi connectivity index (χ4n) is 1.65. The number of nitrogens with one attached hydrogen (secondary N) is 1. The number of benzene rings is 1. The van der Waals surface area contributed by atoms with E-state index in [1.807, 2.05) is 12.1 Å². The van der Waals surface area contributed by atoms with Gasteiger partial charge < -0.3 is 5.73 Å². The highest BCUT2D eigenvalue weighted by Crippen LogP contribution is 2.13. The number of hydrogen-bond donors (Lipinski definition) is 2. The topological polar surface area (TPSA) is 71.8 Å². The van der Waals surface area contributed by atoms with Crippen molar-refractivity contribution in [1.82, 2.24) is 9.97 Å². The zero-order chi connectivity index (χ0) is 12.4. The Hall–Kier alpha value is -1.81. The summed E-state index contributed by atoms with van der Waals surface area (Å²) in [7, 11) is 0. The number of aryl methyl sites for hydroxylation is 1. The Morgan fingerprint density at radius 1 is 1.35 bits per heavy atom. The van der Waals surface area contributed by atoms with Crippen molar-refractivity contribution >= 4 is 17.5 Å². The lowest BCUT2D eigenvalue weighted by atomic mass is 10.1. The first-order valence-corrected chi connectivity index (χ1v) is 5.54. The minimum absolute atomic E-state index is 0.146. The number of hydrogen-bond acceptors (Lipinski definition) is 3. The highest BCUT2D eigenvalue weighted by atomic mass is 35.5. The van der Waals surface area contributed by atoms with Crippen LogP contribution in [0.15, 0.2) is 29.1 Å². The standard InChI is InChI=1S/C12H12ClN3O/c1-7-10(11(17)16-12(14)15-7)6-8-2-4-9(13)5-3-8/h2-5H,6H2,1H3,(H3,14,15,16,17). The van der Waals surface area contributed by atoms with E-state index in [1.54, 1.807) is 19.1 Å². The Bertz CT molecular complexity index is 590. The normalized spacial score (nSPS) is 10.5. The minimum atomic E-state index is -0.190. The van der Waals surface area contributed by atoms with E-state index in [0.29, 0.717) is 22.7 Å². The minimum Gasteiger partial charge on any atom is -0.369 e. The van der Waals surface area contributed by atoms with Crippen molar-refractivity contribution in [2.45, 2.75) is 13.3 Å². The molecule has 0 bridgehead atoms. The second-order valence-corrected chi connectivity index (χ2v) is 4.25. The molecule has 3 N–H and O–H groups in total. The molecular formula is C12H12ClN3O. The highest BCUT2D eigenvalue weighted by Gasteiger charge is 2.07. The van der Waals surface area contributed by atoms with Gasteiger partial charge in [-0.05, 0) is 24.6 Å². The van der Waals surface area contributed by atoms with Gasteiger partial charge >= 0.3 is 0 Å². The van der Waals surface area contributed by atoms with Crippen LogP contribution in [-0.4, -0.2) is 9.97 Å². The number of aromatic amines is 1. The molecule has 4 nitrogen and oxygen atoms in total. The molecule has 0 radical (unpaired) electrons. The van der Waals surface area contributed by atoms with Crippen molar-refractivity contribution in [2.75, 3.05) is 5.73 Å². The number of halogens is 1. The van der Waals surface area contributed by atoms with Crippen LogP contribution in [0.25, 0.3) is 0 Å². The quantitative estimate of drug-likeness (QED) is 0.854. The van der Waals surface area contributed by atoms with Crippen LogP contribution in [0.3, 0.4) is 0 Å². The summed E-state index contributed by atoms with van der Waals surface area (Å²) < 4.78 is 0. The van der Waals surface area contributed by atoms with Gasteiger partial charge in [0.2, 0.25) is 5.95 Å². The van der Waals surface area contributed by atoms with Crippen molar-refractivity contribution in [3.63, 3.8) is 0 Å². The van der Waals surface area contributed by atoms with E-state index in [4.69, 9.17) is 17.3 Å². The van der Waals surface area contributed by atoms with E-state index in [1.165, 1.54) is 0 Å². The monoisotopic (exact) mass is 249 g/mol. The molecule has 0 aliphatic carbocycles. The Morgan fingerprint density at radius 3 is 2.59 bits per heavy atom. The maximum atomic E-state index is 11.7. The molecule has 0 spiro atoms. The largest absolute Gasteiger partial charge is 0.369 e. The van der Waals surface area contributed by atoms with Crippen LogP contribution in [0.4, 0.5) is 5.95 Å². The summed E-state index contributed by atoms with van der Waals surface area (Å²) in [5.41, 5.74) is 7.56. The molecule has 2 aromatic rings. The first-order chi connectivity index (χ1) is 8.06. The molecule has 1 heterocycles. The number of anilines is 1. The number of nitrogens with two attached hydrogens (primary N) is 1. The van der Waals surface area contributed by atoms with Gasteiger partial charge in [0, 0.05) is 17.0 Å². The van der Waals surface area contributed by atoms with Crippen LogP contribution >= 0.6 is 11.6 Å². The van der Waals surface area contributed by atoms with Gasteiger partial charge in [0.25, 0.3) is 5.56 Å². The summed E-state index contributed by atoms with van der Waals surface area (Å²) in [6, 6.07) is 7.37. The van der Waals surface area contributed by atoms with Crippen molar-refractivity contribution in [1.29, 1.82) is 0 Å². The van der Waals surface area contributed by atoms with Crippen LogP contribution in [0.2, 0.25) is 5.02 Å². The van der Waals surface area contributed by atoms with Gasteiger partial charge in [-0.25, -0.2) is 4.98 Å². The third-order valence-corrected chi connectivity index (χ3v) is 2.79. The lowest BCUT2D eigenvalue weighted by Crippen LogP contribution is -2.18. The van der Waals surface area contributed by atoms with Gasteiger partial charge in [-0.1, -0.05) is 23.7 Å². The predicted molar refractivity (Wildman–Crippen MR) is 68.3 cm³/mol. The summed E-state index contributed by atoms with van der Waals surface area (Å²) in [5, 5.41) is 0.676. The molecule has 0 saturated carbocycles. The van der Waals surface area contributed by atoms with Crippen molar-refractivity contribution in [2.24, 2.45) is 0 Å². The fourth-order valence-corrected chi connectivity index (χ4v) is 1.77. The Morgan fingerprint density at radius 2 is 2.00 bits per heavy atom. The molecule has 0 amide bonds. The molecule has 0 aliphatic heterocycles. The van der Waals surface area contributed by atoms with Crippen molar-refractivity contribution in [3.8, 4) is 0 Å². The molecule has 0 atom stereocenters. The van der Waals surface area contributed by atoms with Crippen molar-refractivity contribution < 1.29 is 0 Å². The smallest absolute Gasteiger partial charge is 0.256 e. The van der Waals surface area contributed by atoms with E-state index in [2.05, 4.69) is 9.97 Å². The average Bonchev–Trinajstić information content (AvgIpc) is 2.26. The average molecular weight is 250 g/mol. The van der Waals surface area contributed by atoms with Gasteiger partial charge in [0.1, 0.15) is 0 Å². The maximum absolute atomic E-state index is 11.7. The number of rotatable bonds is 2. The van der Waals surface area contributed by atoms with Gasteiger partial charge in [-0.3, -0.25) is 9.78 Å². The van der Waals surface area contributed by atoms with E-state index < -0.39 is 0 Å². The maximum Gasteiger partial charge on any atom is 0.256 e. The Labute approximate surface area is 103 Å². The lowest BCUT2D eigenvalue weighted by Gasteiger charge is -2.05. The Kier molecular flexibility index (Phi) is 3.15. The van der Waals surface area contributed by atoms with Crippen LogP contribution in [-0.2, 0) is 6.42 Å². The fraction of sp³-hybridized carbons (Fsp3) is 0.167. The molecule has 0 fully saturated rings. The molecule has 0 aliphatic rings. The second kappa shape index (κ2) is 4.59. The van der Waals surface area contributed by atoms with E-state index >= 15 is 0 Å². The van der Waals surface area contributed by atoms with E-state index in [-0.39, 0.29) is 11.5 Å². The molecule has 5 heteroatoms. The van der Waals surface area contributed by atoms with Crippen LogP contribution in [0.1, 0.15) is 16.8 Å². The molecule has 1 aromatic carbocycles. The van der Waals surface area contributed by atoms with Gasteiger partial charge in [0.05, 0.1) is 5.69 Å².